The molecule has 23 heavy (non-hydrogen) atoms. The number of rotatable bonds is 5. The number of nitrogen functional groups attached to an aromatic ring is 1. The van der Waals surface area contributed by atoms with Crippen molar-refractivity contribution in [2.45, 2.75) is 52.7 Å². The lowest BCUT2D eigenvalue weighted by Gasteiger charge is -2.22. The molecule has 0 aliphatic heterocycles. The van der Waals surface area contributed by atoms with E-state index in [0.717, 1.165) is 5.56 Å². The summed E-state index contributed by atoms with van der Waals surface area (Å²) in [5.74, 6) is -0.445. The second kappa shape index (κ2) is 7.85. The number of carbonyl (C=O) groups is 2. The Morgan fingerprint density at radius 1 is 1.30 bits per heavy atom. The lowest BCUT2D eigenvalue weighted by atomic mass is 10.0. The summed E-state index contributed by atoms with van der Waals surface area (Å²) in [6.45, 7) is 9.29. The summed E-state index contributed by atoms with van der Waals surface area (Å²) >= 11 is 0. The number of nitrogens with one attached hydrogen (secondary N) is 1. The molecule has 0 spiro atoms. The van der Waals surface area contributed by atoms with Gasteiger partial charge in [0.1, 0.15) is 5.60 Å². The number of anilines is 1. The van der Waals surface area contributed by atoms with Crippen LogP contribution in [0.1, 0.15) is 50.5 Å². The van der Waals surface area contributed by atoms with Gasteiger partial charge in [0.25, 0.3) is 0 Å². The number of alkyl carbamates (subject to hydrolysis) is 1. The molecule has 6 heteroatoms. The van der Waals surface area contributed by atoms with Crippen LogP contribution in [0.2, 0.25) is 0 Å². The van der Waals surface area contributed by atoms with Gasteiger partial charge in [-0.1, -0.05) is 12.1 Å². The van der Waals surface area contributed by atoms with Crippen molar-refractivity contribution in [2.24, 2.45) is 0 Å². The van der Waals surface area contributed by atoms with Crippen molar-refractivity contribution >= 4 is 17.7 Å². The SMILES string of the molecule is CCOC(=O)c1cccc(CC(C)NC(=O)OC(C)(C)C)c1N. The minimum Gasteiger partial charge on any atom is -0.462 e. The molecule has 128 valence electrons. The molecule has 1 rings (SSSR count). The van der Waals surface area contributed by atoms with E-state index in [1.54, 1.807) is 39.8 Å². The molecule has 0 bridgehead atoms. The van der Waals surface area contributed by atoms with Crippen LogP contribution in [0.3, 0.4) is 0 Å². The molecule has 1 aromatic carbocycles. The fraction of sp³-hybridized carbons (Fsp3) is 0.529. The molecule has 0 aliphatic carbocycles. The van der Waals surface area contributed by atoms with Gasteiger partial charge in [-0.15, -0.1) is 0 Å². The van der Waals surface area contributed by atoms with Gasteiger partial charge in [-0.2, -0.15) is 0 Å². The number of hydrogen-bond donors (Lipinski definition) is 2. The monoisotopic (exact) mass is 322 g/mol. The molecular weight excluding hydrogens is 296 g/mol. The summed E-state index contributed by atoms with van der Waals surface area (Å²) < 4.78 is 10.2. The first kappa shape index (κ1) is 18.8. The summed E-state index contributed by atoms with van der Waals surface area (Å²) in [7, 11) is 0. The van der Waals surface area contributed by atoms with Crippen LogP contribution in [0.25, 0.3) is 0 Å². The van der Waals surface area contributed by atoms with E-state index in [4.69, 9.17) is 15.2 Å². The summed E-state index contributed by atoms with van der Waals surface area (Å²) in [4.78, 5) is 23.6. The molecule has 1 unspecified atom stereocenters. The maximum Gasteiger partial charge on any atom is 0.407 e. The molecule has 1 amide bonds. The number of para-hydroxylation sites is 1. The number of nitrogens with two attached hydrogens (primary N) is 1. The number of hydrogen-bond acceptors (Lipinski definition) is 5. The largest absolute Gasteiger partial charge is 0.462 e. The normalized spacial score (nSPS) is 12.4. The van der Waals surface area contributed by atoms with Crippen molar-refractivity contribution < 1.29 is 19.1 Å². The predicted octanol–water partition coefficient (Wildman–Crippen LogP) is 2.90. The maximum absolute atomic E-state index is 11.8. The number of benzene rings is 1. The van der Waals surface area contributed by atoms with E-state index in [2.05, 4.69) is 5.32 Å². The third-order valence-corrected chi connectivity index (χ3v) is 2.98. The van der Waals surface area contributed by atoms with E-state index in [1.807, 2.05) is 13.0 Å². The summed E-state index contributed by atoms with van der Waals surface area (Å²) in [6, 6.07) is 5.01. The highest BCUT2D eigenvalue weighted by atomic mass is 16.6. The molecular formula is C17H26N2O4. The van der Waals surface area contributed by atoms with Crippen LogP contribution in [-0.4, -0.2) is 30.3 Å². The summed E-state index contributed by atoms with van der Waals surface area (Å²) in [5.41, 5.74) is 7.00. The summed E-state index contributed by atoms with van der Waals surface area (Å²) in [5, 5.41) is 2.75. The number of esters is 1. The van der Waals surface area contributed by atoms with Crippen LogP contribution < -0.4 is 11.1 Å². The van der Waals surface area contributed by atoms with Crippen LogP contribution in [0.4, 0.5) is 10.5 Å². The van der Waals surface area contributed by atoms with Crippen LogP contribution in [-0.2, 0) is 15.9 Å². The van der Waals surface area contributed by atoms with Crippen molar-refractivity contribution in [1.82, 2.24) is 5.32 Å². The Morgan fingerprint density at radius 2 is 1.96 bits per heavy atom. The molecule has 0 fully saturated rings. The topological polar surface area (TPSA) is 90.6 Å². The Labute approximate surface area is 137 Å². The first-order valence-electron chi connectivity index (χ1n) is 7.68. The Morgan fingerprint density at radius 3 is 2.52 bits per heavy atom. The molecule has 1 atom stereocenters. The molecule has 0 aliphatic rings. The van der Waals surface area contributed by atoms with Gasteiger partial charge in [0.2, 0.25) is 0 Å². The van der Waals surface area contributed by atoms with Crippen molar-refractivity contribution in [3.63, 3.8) is 0 Å². The van der Waals surface area contributed by atoms with Crippen LogP contribution in [0, 0.1) is 0 Å². The molecule has 6 nitrogen and oxygen atoms in total. The molecule has 0 saturated carbocycles. The second-order valence-corrected chi connectivity index (χ2v) is 6.35. The van der Waals surface area contributed by atoms with E-state index < -0.39 is 17.7 Å². The van der Waals surface area contributed by atoms with Crippen LogP contribution in [0.15, 0.2) is 18.2 Å². The van der Waals surface area contributed by atoms with Gasteiger partial charge in [0, 0.05) is 11.7 Å². The molecule has 3 N–H and O–H groups in total. The zero-order valence-corrected chi connectivity index (χ0v) is 14.4. The number of carbonyl (C=O) groups excluding carboxylic acids is 2. The lowest BCUT2D eigenvalue weighted by molar-refractivity contribution is 0.0502. The zero-order chi connectivity index (χ0) is 17.6. The lowest BCUT2D eigenvalue weighted by Crippen LogP contribution is -2.38. The van der Waals surface area contributed by atoms with Gasteiger partial charge in [-0.05, 0) is 52.7 Å². The average molecular weight is 322 g/mol. The highest BCUT2D eigenvalue weighted by Gasteiger charge is 2.19. The van der Waals surface area contributed by atoms with Crippen molar-refractivity contribution in [3.8, 4) is 0 Å². The van der Waals surface area contributed by atoms with Crippen LogP contribution in [0.5, 0.6) is 0 Å². The first-order valence-corrected chi connectivity index (χ1v) is 7.68. The standard InChI is InChI=1S/C17H26N2O4/c1-6-22-15(20)13-9-7-8-12(14(13)18)10-11(2)19-16(21)23-17(3,4)5/h7-9,11H,6,10,18H2,1-5H3,(H,19,21). The van der Waals surface area contributed by atoms with Crippen molar-refractivity contribution in [3.05, 3.63) is 29.3 Å². The Hall–Kier alpha value is -2.24. The van der Waals surface area contributed by atoms with E-state index in [0.29, 0.717) is 24.3 Å². The van der Waals surface area contributed by atoms with Crippen molar-refractivity contribution in [1.29, 1.82) is 0 Å². The van der Waals surface area contributed by atoms with Gasteiger partial charge in [-0.25, -0.2) is 9.59 Å². The van der Waals surface area contributed by atoms with Gasteiger partial charge in [0.05, 0.1) is 12.2 Å². The highest BCUT2D eigenvalue weighted by molar-refractivity contribution is 5.95. The Balaban J connectivity index is 2.75. The Kier molecular flexibility index (Phi) is 6.42. The molecule has 0 heterocycles. The summed E-state index contributed by atoms with van der Waals surface area (Å²) in [6.07, 6.45) is 0.00307. The predicted molar refractivity (Wildman–Crippen MR) is 89.3 cm³/mol. The van der Waals surface area contributed by atoms with E-state index >= 15 is 0 Å². The molecule has 1 aromatic rings. The van der Waals surface area contributed by atoms with E-state index in [9.17, 15) is 9.59 Å². The minimum absolute atomic E-state index is 0.190. The third-order valence-electron chi connectivity index (χ3n) is 2.98. The quantitative estimate of drug-likeness (QED) is 0.642. The van der Waals surface area contributed by atoms with Crippen molar-refractivity contribution in [2.75, 3.05) is 12.3 Å². The average Bonchev–Trinajstić information content (AvgIpc) is 2.38. The third kappa shape index (κ3) is 6.18. The maximum atomic E-state index is 11.8. The molecule has 0 aromatic heterocycles. The van der Waals surface area contributed by atoms with Gasteiger partial charge >= 0.3 is 12.1 Å². The number of ether oxygens (including phenoxy) is 2. The fourth-order valence-corrected chi connectivity index (χ4v) is 2.07. The van der Waals surface area contributed by atoms with Gasteiger partial charge < -0.3 is 20.5 Å². The fourth-order valence-electron chi connectivity index (χ4n) is 2.07. The number of amides is 1. The van der Waals surface area contributed by atoms with Crippen LogP contribution >= 0.6 is 0 Å². The second-order valence-electron chi connectivity index (χ2n) is 6.35. The highest BCUT2D eigenvalue weighted by Crippen LogP contribution is 2.20. The first-order chi connectivity index (χ1) is 10.6. The van der Waals surface area contributed by atoms with Gasteiger partial charge in [0.15, 0.2) is 0 Å². The van der Waals surface area contributed by atoms with E-state index in [-0.39, 0.29) is 6.04 Å². The van der Waals surface area contributed by atoms with Gasteiger partial charge in [-0.3, -0.25) is 0 Å². The smallest absolute Gasteiger partial charge is 0.407 e. The van der Waals surface area contributed by atoms with E-state index in [1.165, 1.54) is 0 Å². The molecule has 0 radical (unpaired) electrons. The minimum atomic E-state index is -0.549. The zero-order valence-electron chi connectivity index (χ0n) is 14.4. The Bertz CT molecular complexity index is 564. The molecule has 0 saturated heterocycles.